The van der Waals surface area contributed by atoms with E-state index in [1.54, 1.807) is 5.56 Å². The predicted molar refractivity (Wildman–Crippen MR) is 166 cm³/mol. The molecule has 0 aliphatic heterocycles. The predicted octanol–water partition coefficient (Wildman–Crippen LogP) is 11.5. The van der Waals surface area contributed by atoms with Gasteiger partial charge in [-0.1, -0.05) is 158 Å². The third-order valence-corrected chi connectivity index (χ3v) is 8.10. The second-order valence-electron chi connectivity index (χ2n) is 11.1. The van der Waals surface area contributed by atoms with Crippen molar-refractivity contribution in [1.82, 2.24) is 0 Å². The lowest BCUT2D eigenvalue weighted by atomic mass is 9.84. The van der Waals surface area contributed by atoms with Crippen molar-refractivity contribution in [2.45, 2.75) is 129 Å². The molecule has 37 heavy (non-hydrogen) atoms. The van der Waals surface area contributed by atoms with Crippen LogP contribution < -0.4 is 5.73 Å². The number of aryl methyl sites for hydroxylation is 1. The average molecular weight is 500 g/mol. The maximum Gasteiger partial charge on any atom is 0.0476 e. The number of anilines is 1. The summed E-state index contributed by atoms with van der Waals surface area (Å²) in [4.78, 5) is 0. The summed E-state index contributed by atoms with van der Waals surface area (Å²) < 4.78 is 0. The summed E-state index contributed by atoms with van der Waals surface area (Å²) in [5, 5.41) is 2.62. The molecular formula is C36H53N. The van der Waals surface area contributed by atoms with Crippen LogP contribution >= 0.6 is 0 Å². The number of benzene rings is 3. The first kappa shape index (κ1) is 29.3. The molecule has 3 aromatic rings. The Morgan fingerprint density at radius 3 is 1.43 bits per heavy atom. The van der Waals surface area contributed by atoms with Crippen molar-refractivity contribution in [2.75, 3.05) is 5.73 Å². The molecule has 0 atom stereocenters. The van der Waals surface area contributed by atoms with Crippen LogP contribution in [0.3, 0.4) is 0 Å². The van der Waals surface area contributed by atoms with Crippen LogP contribution in [0.4, 0.5) is 5.69 Å². The minimum absolute atomic E-state index is 0.969. The second-order valence-corrected chi connectivity index (χ2v) is 11.1. The van der Waals surface area contributed by atoms with Gasteiger partial charge < -0.3 is 5.73 Å². The van der Waals surface area contributed by atoms with Crippen LogP contribution in [-0.4, -0.2) is 0 Å². The van der Waals surface area contributed by atoms with E-state index in [-0.39, 0.29) is 0 Å². The molecule has 1 heteroatoms. The number of nitrogens with two attached hydrogens (primary N) is 1. The molecule has 0 bridgehead atoms. The molecule has 0 aliphatic carbocycles. The Hall–Kier alpha value is -2.28. The van der Waals surface area contributed by atoms with Crippen molar-refractivity contribution in [2.24, 2.45) is 0 Å². The van der Waals surface area contributed by atoms with E-state index in [4.69, 9.17) is 5.73 Å². The number of unbranched alkanes of at least 4 members (excludes halogenated alkanes) is 14. The summed E-state index contributed by atoms with van der Waals surface area (Å²) in [6, 6.07) is 19.8. The van der Waals surface area contributed by atoms with Gasteiger partial charge in [0.2, 0.25) is 0 Å². The molecule has 202 valence electrons. The molecule has 0 radical (unpaired) electrons. The van der Waals surface area contributed by atoms with Crippen LogP contribution in [-0.2, 0) is 12.8 Å². The number of rotatable bonds is 19. The lowest BCUT2D eigenvalue weighted by molar-refractivity contribution is 0.571. The van der Waals surface area contributed by atoms with Gasteiger partial charge in [-0.15, -0.1) is 0 Å². The zero-order valence-electron chi connectivity index (χ0n) is 24.0. The van der Waals surface area contributed by atoms with Crippen molar-refractivity contribution in [3.63, 3.8) is 0 Å². The molecule has 0 saturated carbocycles. The normalized spacial score (nSPS) is 11.4. The largest absolute Gasteiger partial charge is 0.398 e. The van der Waals surface area contributed by atoms with Gasteiger partial charge in [-0.25, -0.2) is 0 Å². The van der Waals surface area contributed by atoms with Gasteiger partial charge in [0, 0.05) is 16.6 Å². The third-order valence-electron chi connectivity index (χ3n) is 8.10. The Morgan fingerprint density at radius 2 is 0.892 bits per heavy atom. The third kappa shape index (κ3) is 9.20. The highest BCUT2D eigenvalue weighted by atomic mass is 14.6. The van der Waals surface area contributed by atoms with Crippen LogP contribution in [0.5, 0.6) is 0 Å². The summed E-state index contributed by atoms with van der Waals surface area (Å²) in [5.41, 5.74) is 13.6. The fourth-order valence-electron chi connectivity index (χ4n) is 5.96. The SMILES string of the molecule is CCCCCCCCCCc1c(-c2ccccc2)c(N)c2ccccc2c1CCCCCCCCCC. The van der Waals surface area contributed by atoms with Crippen molar-refractivity contribution in [1.29, 1.82) is 0 Å². The van der Waals surface area contributed by atoms with Crippen LogP contribution in [0, 0.1) is 0 Å². The first-order valence-corrected chi connectivity index (χ1v) is 15.6. The van der Waals surface area contributed by atoms with Gasteiger partial charge in [-0.2, -0.15) is 0 Å². The van der Waals surface area contributed by atoms with E-state index in [1.807, 2.05) is 0 Å². The van der Waals surface area contributed by atoms with E-state index < -0.39 is 0 Å². The van der Waals surface area contributed by atoms with Gasteiger partial charge >= 0.3 is 0 Å². The maximum atomic E-state index is 6.95. The molecule has 3 aromatic carbocycles. The highest BCUT2D eigenvalue weighted by Gasteiger charge is 2.18. The van der Waals surface area contributed by atoms with Gasteiger partial charge in [0.05, 0.1) is 0 Å². The number of fused-ring (bicyclic) bond motifs is 1. The van der Waals surface area contributed by atoms with E-state index in [1.165, 1.54) is 137 Å². The van der Waals surface area contributed by atoms with Crippen LogP contribution in [0.15, 0.2) is 54.6 Å². The fraction of sp³-hybridized carbons (Fsp3) is 0.556. The number of nitrogen functional groups attached to an aromatic ring is 1. The van der Waals surface area contributed by atoms with Gasteiger partial charge in [0.1, 0.15) is 0 Å². The highest BCUT2D eigenvalue weighted by molar-refractivity contribution is 6.04. The van der Waals surface area contributed by atoms with E-state index in [2.05, 4.69) is 68.4 Å². The Kier molecular flexibility index (Phi) is 13.7. The lowest BCUT2D eigenvalue weighted by Crippen LogP contribution is -2.05. The summed E-state index contributed by atoms with van der Waals surface area (Å²) >= 11 is 0. The summed E-state index contributed by atoms with van der Waals surface area (Å²) in [6.07, 6.45) is 24.1. The Morgan fingerprint density at radius 1 is 0.459 bits per heavy atom. The smallest absolute Gasteiger partial charge is 0.0476 e. The minimum Gasteiger partial charge on any atom is -0.398 e. The molecule has 0 heterocycles. The fourth-order valence-corrected chi connectivity index (χ4v) is 5.96. The molecule has 1 nitrogen and oxygen atoms in total. The average Bonchev–Trinajstić information content (AvgIpc) is 2.93. The molecule has 0 spiro atoms. The maximum absolute atomic E-state index is 6.95. The van der Waals surface area contributed by atoms with Crippen molar-refractivity contribution < 1.29 is 0 Å². The quantitative estimate of drug-likeness (QED) is 0.129. The summed E-state index contributed by atoms with van der Waals surface area (Å²) in [6.45, 7) is 4.59. The topological polar surface area (TPSA) is 26.0 Å². The second kappa shape index (κ2) is 17.3. The van der Waals surface area contributed by atoms with Crippen molar-refractivity contribution >= 4 is 16.5 Å². The number of hydrogen-bond acceptors (Lipinski definition) is 1. The zero-order valence-corrected chi connectivity index (χ0v) is 24.0. The zero-order chi connectivity index (χ0) is 26.1. The molecule has 3 rings (SSSR count). The van der Waals surface area contributed by atoms with E-state index in [0.29, 0.717) is 0 Å². The van der Waals surface area contributed by atoms with E-state index >= 15 is 0 Å². The van der Waals surface area contributed by atoms with Gasteiger partial charge in [0.15, 0.2) is 0 Å². The molecule has 0 aliphatic rings. The minimum atomic E-state index is 0.969. The van der Waals surface area contributed by atoms with Crippen LogP contribution in [0.25, 0.3) is 21.9 Å². The highest BCUT2D eigenvalue weighted by Crippen LogP contribution is 2.40. The van der Waals surface area contributed by atoms with Crippen LogP contribution in [0.2, 0.25) is 0 Å². The van der Waals surface area contributed by atoms with Crippen molar-refractivity contribution in [3.05, 3.63) is 65.7 Å². The molecule has 0 unspecified atom stereocenters. The van der Waals surface area contributed by atoms with Crippen LogP contribution in [0.1, 0.15) is 128 Å². The molecule has 0 aromatic heterocycles. The lowest BCUT2D eigenvalue weighted by Gasteiger charge is -2.21. The summed E-state index contributed by atoms with van der Waals surface area (Å²) in [7, 11) is 0. The Labute approximate surface area is 228 Å². The first-order valence-electron chi connectivity index (χ1n) is 15.6. The van der Waals surface area contributed by atoms with Gasteiger partial charge in [-0.05, 0) is 47.8 Å². The number of hydrogen-bond donors (Lipinski definition) is 1. The van der Waals surface area contributed by atoms with Gasteiger partial charge in [0.25, 0.3) is 0 Å². The molecule has 0 amide bonds. The Balaban J connectivity index is 1.78. The molecule has 0 fully saturated rings. The monoisotopic (exact) mass is 499 g/mol. The standard InChI is InChI=1S/C36H53N/c1-3-5-7-9-11-13-15-20-26-31-32-27-22-23-29-34(32)36(37)35(30-24-18-17-19-25-30)33(31)28-21-16-14-12-10-8-6-4-2/h17-19,22-25,27,29H,3-16,20-21,26,28,37H2,1-2H3. The molecular weight excluding hydrogens is 446 g/mol. The van der Waals surface area contributed by atoms with E-state index in [9.17, 15) is 0 Å². The summed E-state index contributed by atoms with van der Waals surface area (Å²) in [5.74, 6) is 0. The van der Waals surface area contributed by atoms with Gasteiger partial charge in [-0.3, -0.25) is 0 Å². The first-order chi connectivity index (χ1) is 18.3. The Bertz CT molecular complexity index is 1020. The molecule has 2 N–H and O–H groups in total. The van der Waals surface area contributed by atoms with Crippen molar-refractivity contribution in [3.8, 4) is 11.1 Å². The molecule has 0 saturated heterocycles. The van der Waals surface area contributed by atoms with E-state index in [0.717, 1.165) is 12.1 Å².